The van der Waals surface area contributed by atoms with Gasteiger partial charge in [0.1, 0.15) is 5.75 Å². The summed E-state index contributed by atoms with van der Waals surface area (Å²) >= 11 is 0. The smallest absolute Gasteiger partial charge is 0.178 e. The maximum absolute atomic E-state index is 11.9. The van der Waals surface area contributed by atoms with E-state index in [2.05, 4.69) is 6.07 Å². The van der Waals surface area contributed by atoms with Gasteiger partial charge in [0.2, 0.25) is 0 Å². The minimum absolute atomic E-state index is 0.0320. The van der Waals surface area contributed by atoms with Crippen molar-refractivity contribution in [3.05, 3.63) is 48.0 Å². The highest BCUT2D eigenvalue weighted by Crippen LogP contribution is 2.34. The zero-order chi connectivity index (χ0) is 15.5. The Morgan fingerprint density at radius 1 is 1.14 bits per heavy atom. The molecule has 0 aliphatic rings. The molecule has 0 radical (unpaired) electrons. The molecule has 0 aromatic heterocycles. The molecule has 21 heavy (non-hydrogen) atoms. The van der Waals surface area contributed by atoms with Crippen LogP contribution in [0.4, 0.5) is 0 Å². The normalized spacial score (nSPS) is 10.9. The molecule has 0 aliphatic heterocycles. The van der Waals surface area contributed by atoms with Gasteiger partial charge in [0.15, 0.2) is 9.84 Å². The van der Waals surface area contributed by atoms with Crippen molar-refractivity contribution in [3.63, 3.8) is 0 Å². The van der Waals surface area contributed by atoms with E-state index in [0.717, 1.165) is 5.56 Å². The average Bonchev–Trinajstić information content (AvgIpc) is 2.54. The Balaban J connectivity index is 2.65. The van der Waals surface area contributed by atoms with Crippen LogP contribution in [0.15, 0.2) is 47.4 Å². The number of nitriles is 1. The van der Waals surface area contributed by atoms with E-state index in [9.17, 15) is 13.7 Å². The second kappa shape index (κ2) is 5.98. The second-order valence-electron chi connectivity index (χ2n) is 4.42. The maximum atomic E-state index is 11.9. The van der Waals surface area contributed by atoms with Crippen LogP contribution in [-0.2, 0) is 9.84 Å². The summed E-state index contributed by atoms with van der Waals surface area (Å²) < 4.78 is 29.2. The van der Waals surface area contributed by atoms with Crippen molar-refractivity contribution < 1.29 is 13.2 Å². The molecule has 2 aromatic rings. The molecule has 0 atom stereocenters. The van der Waals surface area contributed by atoms with Crippen molar-refractivity contribution >= 4 is 9.84 Å². The second-order valence-corrected chi connectivity index (χ2v) is 6.70. The number of hydrogen-bond acceptors (Lipinski definition) is 4. The number of sulfone groups is 1. The quantitative estimate of drug-likeness (QED) is 0.870. The lowest BCUT2D eigenvalue weighted by atomic mass is 10.00. The van der Waals surface area contributed by atoms with E-state index in [-0.39, 0.29) is 10.6 Å². The van der Waals surface area contributed by atoms with Crippen LogP contribution in [0.3, 0.4) is 0 Å². The molecule has 0 unspecified atom stereocenters. The maximum Gasteiger partial charge on any atom is 0.178 e. The Labute approximate surface area is 124 Å². The van der Waals surface area contributed by atoms with Gasteiger partial charge < -0.3 is 4.74 Å². The molecule has 0 fully saturated rings. The summed E-state index contributed by atoms with van der Waals surface area (Å²) in [6.45, 7) is 1.60. The van der Waals surface area contributed by atoms with Gasteiger partial charge in [-0.1, -0.05) is 25.1 Å². The van der Waals surface area contributed by atoms with Crippen LogP contribution < -0.4 is 4.74 Å². The van der Waals surface area contributed by atoms with Gasteiger partial charge in [-0.15, -0.1) is 0 Å². The molecular formula is C16H15NO3S. The molecule has 2 rings (SSSR count). The zero-order valence-corrected chi connectivity index (χ0v) is 12.6. The van der Waals surface area contributed by atoms with Gasteiger partial charge in [-0.25, -0.2) is 8.42 Å². The highest BCUT2D eigenvalue weighted by atomic mass is 32.2. The lowest BCUT2D eigenvalue weighted by Crippen LogP contribution is -2.04. The van der Waals surface area contributed by atoms with Crippen LogP contribution in [0.1, 0.15) is 12.5 Å². The average molecular weight is 301 g/mol. The Morgan fingerprint density at radius 3 is 2.48 bits per heavy atom. The van der Waals surface area contributed by atoms with E-state index >= 15 is 0 Å². The van der Waals surface area contributed by atoms with Crippen molar-refractivity contribution in [2.45, 2.75) is 11.8 Å². The summed E-state index contributed by atoms with van der Waals surface area (Å²) in [4.78, 5) is 0.222. The molecule has 0 amide bonds. The molecule has 108 valence electrons. The Morgan fingerprint density at radius 2 is 1.86 bits per heavy atom. The molecule has 2 aromatic carbocycles. The molecule has 0 bridgehead atoms. The first-order chi connectivity index (χ1) is 10.0. The van der Waals surface area contributed by atoms with Gasteiger partial charge >= 0.3 is 0 Å². The van der Waals surface area contributed by atoms with Crippen LogP contribution in [0, 0.1) is 11.3 Å². The van der Waals surface area contributed by atoms with Gasteiger partial charge in [0.05, 0.1) is 29.4 Å². The summed E-state index contributed by atoms with van der Waals surface area (Å²) in [5, 5.41) is 9.18. The molecule has 4 nitrogen and oxygen atoms in total. The SMILES string of the molecule is CCS(=O)(=O)c1ccc(-c2ccccc2C#N)c(OC)c1. The van der Waals surface area contributed by atoms with Gasteiger partial charge in [-0.05, 0) is 24.3 Å². The van der Waals surface area contributed by atoms with E-state index in [0.29, 0.717) is 16.9 Å². The molecule has 5 heteroatoms. The van der Waals surface area contributed by atoms with E-state index < -0.39 is 9.84 Å². The van der Waals surface area contributed by atoms with Crippen LogP contribution in [-0.4, -0.2) is 21.3 Å². The van der Waals surface area contributed by atoms with Crippen LogP contribution in [0.2, 0.25) is 0 Å². The largest absolute Gasteiger partial charge is 0.496 e. The summed E-state index contributed by atoms with van der Waals surface area (Å²) in [7, 11) is -1.81. The highest BCUT2D eigenvalue weighted by Gasteiger charge is 2.16. The fourth-order valence-corrected chi connectivity index (χ4v) is 2.96. The Hall–Kier alpha value is -2.32. The predicted octanol–water partition coefficient (Wildman–Crippen LogP) is 3.03. The van der Waals surface area contributed by atoms with E-state index in [1.54, 1.807) is 31.2 Å². The monoisotopic (exact) mass is 301 g/mol. The van der Waals surface area contributed by atoms with Crippen molar-refractivity contribution in [1.82, 2.24) is 0 Å². The van der Waals surface area contributed by atoms with Gasteiger partial charge in [-0.2, -0.15) is 5.26 Å². The Kier molecular flexibility index (Phi) is 4.29. The van der Waals surface area contributed by atoms with Crippen molar-refractivity contribution in [3.8, 4) is 22.9 Å². The molecule has 0 saturated heterocycles. The number of rotatable bonds is 4. The van der Waals surface area contributed by atoms with Crippen molar-refractivity contribution in [2.24, 2.45) is 0 Å². The van der Waals surface area contributed by atoms with Crippen LogP contribution in [0.5, 0.6) is 5.75 Å². The zero-order valence-electron chi connectivity index (χ0n) is 11.8. The van der Waals surface area contributed by atoms with E-state index in [1.807, 2.05) is 12.1 Å². The minimum Gasteiger partial charge on any atom is -0.496 e. The predicted molar refractivity (Wildman–Crippen MR) is 80.9 cm³/mol. The third-order valence-corrected chi connectivity index (χ3v) is 4.98. The first-order valence-electron chi connectivity index (χ1n) is 6.43. The van der Waals surface area contributed by atoms with Gasteiger partial charge in [0.25, 0.3) is 0 Å². The summed E-state index contributed by atoms with van der Waals surface area (Å²) in [5.41, 5.74) is 1.93. The van der Waals surface area contributed by atoms with Crippen molar-refractivity contribution in [2.75, 3.05) is 12.9 Å². The highest BCUT2D eigenvalue weighted by molar-refractivity contribution is 7.91. The lowest BCUT2D eigenvalue weighted by Gasteiger charge is -2.12. The molecule has 0 heterocycles. The fraction of sp³-hybridized carbons (Fsp3) is 0.188. The standard InChI is InChI=1S/C16H15NO3S/c1-3-21(18,19)13-8-9-15(16(10-13)20-2)14-7-5-4-6-12(14)11-17/h4-10H,3H2,1-2H3. The van der Waals surface area contributed by atoms with Crippen molar-refractivity contribution in [1.29, 1.82) is 5.26 Å². The molecular weight excluding hydrogens is 286 g/mol. The van der Waals surface area contributed by atoms with E-state index in [4.69, 9.17) is 4.74 Å². The third-order valence-electron chi connectivity index (χ3n) is 3.25. The van der Waals surface area contributed by atoms with Crippen LogP contribution >= 0.6 is 0 Å². The topological polar surface area (TPSA) is 67.2 Å². The number of hydrogen-bond donors (Lipinski definition) is 0. The first kappa shape index (κ1) is 15.1. The first-order valence-corrected chi connectivity index (χ1v) is 8.09. The number of methoxy groups -OCH3 is 1. The lowest BCUT2D eigenvalue weighted by molar-refractivity contribution is 0.415. The van der Waals surface area contributed by atoms with Crippen LogP contribution in [0.25, 0.3) is 11.1 Å². The molecule has 0 N–H and O–H groups in total. The molecule has 0 spiro atoms. The number of ether oxygens (including phenoxy) is 1. The van der Waals surface area contributed by atoms with E-state index in [1.165, 1.54) is 13.2 Å². The van der Waals surface area contributed by atoms with Gasteiger partial charge in [-0.3, -0.25) is 0 Å². The summed E-state index contributed by atoms with van der Waals surface area (Å²) in [6.07, 6.45) is 0. The number of benzene rings is 2. The molecule has 0 saturated carbocycles. The Bertz CT molecular complexity index is 805. The third kappa shape index (κ3) is 2.91. The fourth-order valence-electron chi connectivity index (χ4n) is 2.07. The number of nitrogens with zero attached hydrogens (tertiary/aromatic N) is 1. The summed E-state index contributed by atoms with van der Waals surface area (Å²) in [6, 6.07) is 14.0. The summed E-state index contributed by atoms with van der Waals surface area (Å²) in [5.74, 6) is 0.469. The minimum atomic E-state index is -3.29. The van der Waals surface area contributed by atoms with Gasteiger partial charge in [0, 0.05) is 11.1 Å². The molecule has 0 aliphatic carbocycles.